The molecule has 0 bridgehead atoms. The lowest BCUT2D eigenvalue weighted by atomic mass is 9.86. The van der Waals surface area contributed by atoms with Crippen LogP contribution in [0.5, 0.6) is 0 Å². The number of carbonyl (C=O) groups excluding carboxylic acids is 2. The Morgan fingerprint density at radius 1 is 1.03 bits per heavy atom. The molecule has 2 fully saturated rings. The summed E-state index contributed by atoms with van der Waals surface area (Å²) in [5.74, 6) is -0.795. The van der Waals surface area contributed by atoms with E-state index in [1.54, 1.807) is 0 Å². The maximum atomic E-state index is 13.3. The van der Waals surface area contributed by atoms with Crippen LogP contribution < -0.4 is 10.6 Å². The van der Waals surface area contributed by atoms with Crippen LogP contribution in [0.4, 0.5) is 0 Å². The first kappa shape index (κ1) is 28.1. The lowest BCUT2D eigenvalue weighted by molar-refractivity contribution is -0.132. The van der Waals surface area contributed by atoms with Crippen LogP contribution in [0.3, 0.4) is 0 Å². The van der Waals surface area contributed by atoms with Gasteiger partial charge in [0.15, 0.2) is 0 Å². The number of nitrogens with zero attached hydrogens (tertiary/aromatic N) is 2. The van der Waals surface area contributed by atoms with Crippen LogP contribution >= 0.6 is 11.6 Å². The van der Waals surface area contributed by atoms with Crippen molar-refractivity contribution < 1.29 is 18.0 Å². The van der Waals surface area contributed by atoms with E-state index < -0.39 is 22.0 Å². The minimum atomic E-state index is -3.98. The van der Waals surface area contributed by atoms with Crippen molar-refractivity contribution in [3.63, 3.8) is 0 Å². The van der Waals surface area contributed by atoms with Gasteiger partial charge in [0, 0.05) is 24.7 Å². The minimum Gasteiger partial charge on any atom is -0.353 e. The van der Waals surface area contributed by atoms with Gasteiger partial charge in [0.1, 0.15) is 6.04 Å². The molecule has 210 valence electrons. The molecule has 2 aromatic rings. The Morgan fingerprint density at radius 2 is 1.79 bits per heavy atom. The molecule has 2 amide bonds. The molecule has 1 aliphatic carbocycles. The predicted octanol–water partition coefficient (Wildman–Crippen LogP) is 3.44. The molecule has 2 aromatic carbocycles. The molecule has 0 radical (unpaired) electrons. The zero-order valence-corrected chi connectivity index (χ0v) is 23.8. The number of amides is 2. The van der Waals surface area contributed by atoms with Gasteiger partial charge >= 0.3 is 0 Å². The Labute approximate surface area is 236 Å². The molecule has 0 spiro atoms. The number of benzene rings is 2. The first-order valence-corrected chi connectivity index (χ1v) is 15.8. The van der Waals surface area contributed by atoms with Gasteiger partial charge < -0.3 is 15.5 Å². The number of fused-ring (bicyclic) bond motifs is 1. The quantitative estimate of drug-likeness (QED) is 0.505. The van der Waals surface area contributed by atoms with Crippen molar-refractivity contribution in [3.8, 4) is 0 Å². The standard InChI is InChI=1S/C29H37ClN4O4S/c30-23-8-10-24(11-9-23)39(37,38)34-18-14-31-29(36)27(34)20-28(35)32-26-6-4-5-22-19-21(7-12-25(22)26)13-17-33-15-2-1-3-16-33/h7-12,19,26-27H,1-6,13-18,20H2,(H,31,36)(H,32,35). The van der Waals surface area contributed by atoms with E-state index >= 15 is 0 Å². The fourth-order valence-corrected chi connectivity index (χ4v) is 7.70. The first-order valence-electron chi connectivity index (χ1n) is 14.0. The number of hydrogen-bond donors (Lipinski definition) is 2. The van der Waals surface area contributed by atoms with Gasteiger partial charge in [0.05, 0.1) is 17.4 Å². The number of carbonyl (C=O) groups is 2. The third kappa shape index (κ3) is 6.65. The lowest BCUT2D eigenvalue weighted by Gasteiger charge is -2.34. The van der Waals surface area contributed by atoms with Crippen LogP contribution in [-0.4, -0.2) is 68.2 Å². The summed E-state index contributed by atoms with van der Waals surface area (Å²) >= 11 is 5.93. The molecule has 0 saturated carbocycles. The van der Waals surface area contributed by atoms with E-state index in [0.717, 1.165) is 42.1 Å². The second kappa shape index (κ2) is 12.4. The molecule has 5 rings (SSSR count). The summed E-state index contributed by atoms with van der Waals surface area (Å²) in [5, 5.41) is 6.23. The summed E-state index contributed by atoms with van der Waals surface area (Å²) in [4.78, 5) is 28.5. The van der Waals surface area contributed by atoms with E-state index in [0.29, 0.717) is 5.02 Å². The number of sulfonamides is 1. The van der Waals surface area contributed by atoms with Gasteiger partial charge in [-0.15, -0.1) is 0 Å². The van der Waals surface area contributed by atoms with Gasteiger partial charge in [-0.2, -0.15) is 4.31 Å². The molecule has 2 aliphatic heterocycles. The molecule has 2 N–H and O–H groups in total. The van der Waals surface area contributed by atoms with E-state index in [9.17, 15) is 18.0 Å². The highest BCUT2D eigenvalue weighted by Gasteiger charge is 2.40. The van der Waals surface area contributed by atoms with Crippen LogP contribution in [0.1, 0.15) is 61.3 Å². The molecular weight excluding hydrogens is 536 g/mol. The van der Waals surface area contributed by atoms with Gasteiger partial charge in [-0.05, 0) is 92.6 Å². The van der Waals surface area contributed by atoms with Gasteiger partial charge in [0.25, 0.3) is 0 Å². The number of piperazine rings is 1. The van der Waals surface area contributed by atoms with Gasteiger partial charge in [-0.3, -0.25) is 9.59 Å². The minimum absolute atomic E-state index is 0.0457. The molecule has 10 heteroatoms. The number of likely N-dealkylation sites (tertiary alicyclic amines) is 1. The van der Waals surface area contributed by atoms with E-state index in [-0.39, 0.29) is 36.4 Å². The maximum Gasteiger partial charge on any atom is 0.243 e. The second-order valence-electron chi connectivity index (χ2n) is 10.8. The highest BCUT2D eigenvalue weighted by molar-refractivity contribution is 7.89. The molecular formula is C29H37ClN4O4S. The van der Waals surface area contributed by atoms with E-state index in [2.05, 4.69) is 33.7 Å². The average Bonchev–Trinajstić information content (AvgIpc) is 2.94. The van der Waals surface area contributed by atoms with Crippen molar-refractivity contribution in [1.82, 2.24) is 19.8 Å². The van der Waals surface area contributed by atoms with Gasteiger partial charge in [-0.1, -0.05) is 36.2 Å². The van der Waals surface area contributed by atoms with Gasteiger partial charge in [0.2, 0.25) is 21.8 Å². The van der Waals surface area contributed by atoms with Crippen molar-refractivity contribution in [2.24, 2.45) is 0 Å². The number of halogens is 1. The Morgan fingerprint density at radius 3 is 2.56 bits per heavy atom. The third-order valence-corrected chi connectivity index (χ3v) is 10.3. The number of hydrogen-bond acceptors (Lipinski definition) is 5. The fourth-order valence-electron chi connectivity index (χ4n) is 5.99. The van der Waals surface area contributed by atoms with Crippen LogP contribution in [0.2, 0.25) is 5.02 Å². The third-order valence-electron chi connectivity index (χ3n) is 8.10. The number of piperidine rings is 1. The highest BCUT2D eigenvalue weighted by Crippen LogP contribution is 2.31. The molecule has 3 aliphatic rings. The summed E-state index contributed by atoms with van der Waals surface area (Å²) in [5.41, 5.74) is 3.72. The Balaban J connectivity index is 1.24. The molecule has 2 heterocycles. The number of nitrogens with one attached hydrogen (secondary N) is 2. The maximum absolute atomic E-state index is 13.3. The largest absolute Gasteiger partial charge is 0.353 e. The van der Waals surface area contributed by atoms with Crippen molar-refractivity contribution in [2.45, 2.75) is 68.3 Å². The summed E-state index contributed by atoms with van der Waals surface area (Å²) in [7, 11) is -3.98. The molecule has 0 aromatic heterocycles. The fraction of sp³-hybridized carbons (Fsp3) is 0.517. The first-order chi connectivity index (χ1) is 18.8. The van der Waals surface area contributed by atoms with Crippen molar-refractivity contribution in [3.05, 3.63) is 64.2 Å². The van der Waals surface area contributed by atoms with E-state index in [4.69, 9.17) is 11.6 Å². The van der Waals surface area contributed by atoms with Crippen LogP contribution in [0, 0.1) is 0 Å². The molecule has 2 atom stereocenters. The van der Waals surface area contributed by atoms with Crippen LogP contribution in [-0.2, 0) is 32.5 Å². The summed E-state index contributed by atoms with van der Waals surface area (Å²) in [6.45, 7) is 3.76. The smallest absolute Gasteiger partial charge is 0.243 e. The second-order valence-corrected chi connectivity index (χ2v) is 13.1. The molecule has 2 unspecified atom stereocenters. The zero-order chi connectivity index (χ0) is 27.4. The SMILES string of the molecule is O=C(CC1C(=O)NCCN1S(=O)(=O)c1ccc(Cl)cc1)NC1CCCc2cc(CCN3CCCCC3)ccc21. The normalized spacial score (nSPS) is 22.6. The topological polar surface area (TPSA) is 98.8 Å². The van der Waals surface area contributed by atoms with Crippen molar-refractivity contribution in [2.75, 3.05) is 32.7 Å². The zero-order valence-electron chi connectivity index (χ0n) is 22.2. The summed E-state index contributed by atoms with van der Waals surface area (Å²) in [6.07, 6.45) is 7.47. The number of aryl methyl sites for hydroxylation is 1. The lowest BCUT2D eigenvalue weighted by Crippen LogP contribution is -2.58. The van der Waals surface area contributed by atoms with Crippen molar-refractivity contribution in [1.29, 1.82) is 0 Å². The molecule has 2 saturated heterocycles. The molecule has 39 heavy (non-hydrogen) atoms. The van der Waals surface area contributed by atoms with Crippen molar-refractivity contribution >= 4 is 33.4 Å². The summed E-state index contributed by atoms with van der Waals surface area (Å²) < 4.78 is 27.8. The van der Waals surface area contributed by atoms with Crippen LogP contribution in [0.15, 0.2) is 47.4 Å². The monoisotopic (exact) mass is 572 g/mol. The van der Waals surface area contributed by atoms with E-state index in [1.165, 1.54) is 67.7 Å². The highest BCUT2D eigenvalue weighted by atomic mass is 35.5. The number of rotatable bonds is 8. The van der Waals surface area contributed by atoms with Crippen LogP contribution in [0.25, 0.3) is 0 Å². The van der Waals surface area contributed by atoms with Gasteiger partial charge in [-0.25, -0.2) is 8.42 Å². The molecule has 8 nitrogen and oxygen atoms in total. The van der Waals surface area contributed by atoms with E-state index in [1.807, 2.05) is 0 Å². The predicted molar refractivity (Wildman–Crippen MR) is 151 cm³/mol. The Bertz CT molecular complexity index is 1290. The Hall–Kier alpha value is -2.46. The summed E-state index contributed by atoms with van der Waals surface area (Å²) in [6, 6.07) is 11.2. The average molecular weight is 573 g/mol. The Kier molecular flexibility index (Phi) is 8.91.